The highest BCUT2D eigenvalue weighted by atomic mass is 32.1. The van der Waals surface area contributed by atoms with Crippen molar-refractivity contribution in [1.29, 1.82) is 0 Å². The lowest BCUT2D eigenvalue weighted by molar-refractivity contribution is 0.723. The van der Waals surface area contributed by atoms with Gasteiger partial charge >= 0.3 is 0 Å². The zero-order valence-electron chi connectivity index (χ0n) is 10.5. The Hall–Kier alpha value is -1.39. The second-order valence-electron chi connectivity index (χ2n) is 4.59. The molecular weight excluding hydrogens is 242 g/mol. The molecule has 94 valence electrons. The van der Waals surface area contributed by atoms with Crippen LogP contribution in [0.5, 0.6) is 0 Å². The van der Waals surface area contributed by atoms with E-state index in [9.17, 15) is 0 Å². The number of fused-ring (bicyclic) bond motifs is 1. The van der Waals surface area contributed by atoms with E-state index in [1.54, 1.807) is 11.3 Å². The van der Waals surface area contributed by atoms with Crippen LogP contribution in [0.1, 0.15) is 16.8 Å². The van der Waals surface area contributed by atoms with Crippen molar-refractivity contribution >= 4 is 16.5 Å². The van der Waals surface area contributed by atoms with Crippen LogP contribution in [0.4, 0.5) is 5.13 Å². The Kier molecular flexibility index (Phi) is 3.30. The molecular formula is C14H17N3S. The van der Waals surface area contributed by atoms with Crippen LogP contribution >= 0.6 is 11.3 Å². The van der Waals surface area contributed by atoms with Gasteiger partial charge in [0.1, 0.15) is 0 Å². The average Bonchev–Trinajstić information content (AvgIpc) is 2.87. The Labute approximate surface area is 111 Å². The van der Waals surface area contributed by atoms with Crippen LogP contribution < -0.4 is 10.2 Å². The van der Waals surface area contributed by atoms with Gasteiger partial charge in [0, 0.05) is 25.0 Å². The number of rotatable bonds is 3. The summed E-state index contributed by atoms with van der Waals surface area (Å²) >= 11 is 1.75. The summed E-state index contributed by atoms with van der Waals surface area (Å²) in [7, 11) is 1.95. The van der Waals surface area contributed by atoms with E-state index in [0.29, 0.717) is 0 Å². The van der Waals surface area contributed by atoms with Gasteiger partial charge in [-0.3, -0.25) is 0 Å². The second kappa shape index (κ2) is 5.08. The number of aromatic nitrogens is 1. The van der Waals surface area contributed by atoms with Crippen molar-refractivity contribution in [1.82, 2.24) is 10.3 Å². The lowest BCUT2D eigenvalue weighted by Gasteiger charge is -2.28. The first-order chi connectivity index (χ1) is 8.86. The van der Waals surface area contributed by atoms with E-state index in [0.717, 1.165) is 36.9 Å². The summed E-state index contributed by atoms with van der Waals surface area (Å²) in [6.07, 6.45) is 1.12. The molecule has 0 fully saturated rings. The predicted octanol–water partition coefficient (Wildman–Crippen LogP) is 2.43. The summed E-state index contributed by atoms with van der Waals surface area (Å²) in [5, 5.41) is 6.43. The molecule has 0 bridgehead atoms. The highest BCUT2D eigenvalue weighted by molar-refractivity contribution is 7.13. The van der Waals surface area contributed by atoms with E-state index < -0.39 is 0 Å². The maximum Gasteiger partial charge on any atom is 0.185 e. The van der Waals surface area contributed by atoms with Crippen LogP contribution in [0.25, 0.3) is 0 Å². The average molecular weight is 259 g/mol. The molecule has 2 heterocycles. The van der Waals surface area contributed by atoms with Crippen LogP contribution in [0.3, 0.4) is 0 Å². The number of nitrogens with zero attached hydrogens (tertiary/aromatic N) is 2. The lowest BCUT2D eigenvalue weighted by Crippen LogP contribution is -2.30. The summed E-state index contributed by atoms with van der Waals surface area (Å²) in [4.78, 5) is 7.06. The van der Waals surface area contributed by atoms with E-state index in [1.807, 2.05) is 7.05 Å². The van der Waals surface area contributed by atoms with Crippen molar-refractivity contribution in [3.05, 3.63) is 46.5 Å². The number of hydrogen-bond donors (Lipinski definition) is 1. The van der Waals surface area contributed by atoms with Gasteiger partial charge in [-0.1, -0.05) is 24.3 Å². The molecule has 4 heteroatoms. The number of hydrogen-bond acceptors (Lipinski definition) is 4. The monoisotopic (exact) mass is 259 g/mol. The molecule has 1 aromatic heterocycles. The Morgan fingerprint density at radius 2 is 2.17 bits per heavy atom. The number of thiazole rings is 1. The van der Waals surface area contributed by atoms with Crippen molar-refractivity contribution < 1.29 is 0 Å². The van der Waals surface area contributed by atoms with Gasteiger partial charge < -0.3 is 10.2 Å². The van der Waals surface area contributed by atoms with Crippen LogP contribution in [-0.2, 0) is 19.5 Å². The first-order valence-corrected chi connectivity index (χ1v) is 7.15. The second-order valence-corrected chi connectivity index (χ2v) is 5.43. The summed E-state index contributed by atoms with van der Waals surface area (Å²) < 4.78 is 0. The minimum Gasteiger partial charge on any atom is -0.343 e. The van der Waals surface area contributed by atoms with Gasteiger partial charge in [0.2, 0.25) is 0 Å². The molecule has 0 spiro atoms. The molecule has 1 aliphatic heterocycles. The highest BCUT2D eigenvalue weighted by Crippen LogP contribution is 2.27. The van der Waals surface area contributed by atoms with E-state index in [2.05, 4.69) is 44.8 Å². The fourth-order valence-electron chi connectivity index (χ4n) is 2.36. The molecule has 2 aromatic rings. The SMILES string of the molecule is CNCc1csc(N2CCc3ccccc3C2)n1. The van der Waals surface area contributed by atoms with E-state index in [-0.39, 0.29) is 0 Å². The van der Waals surface area contributed by atoms with Crippen LogP contribution in [0.2, 0.25) is 0 Å². The molecule has 0 saturated carbocycles. The van der Waals surface area contributed by atoms with Crippen molar-refractivity contribution in [3.8, 4) is 0 Å². The van der Waals surface area contributed by atoms with Gasteiger partial charge in [0.15, 0.2) is 5.13 Å². The maximum absolute atomic E-state index is 4.68. The zero-order valence-corrected chi connectivity index (χ0v) is 11.3. The predicted molar refractivity (Wildman–Crippen MR) is 76.1 cm³/mol. The molecule has 1 aromatic carbocycles. The van der Waals surface area contributed by atoms with Crippen molar-refractivity contribution in [2.45, 2.75) is 19.5 Å². The summed E-state index contributed by atoms with van der Waals surface area (Å²) in [6, 6.07) is 8.71. The number of anilines is 1. The third kappa shape index (κ3) is 2.26. The Bertz CT molecular complexity index is 535. The fourth-order valence-corrected chi connectivity index (χ4v) is 3.22. The molecule has 3 nitrogen and oxygen atoms in total. The maximum atomic E-state index is 4.68. The smallest absolute Gasteiger partial charge is 0.185 e. The summed E-state index contributed by atoms with van der Waals surface area (Å²) in [5.74, 6) is 0. The van der Waals surface area contributed by atoms with Gasteiger partial charge in [-0.05, 0) is 24.6 Å². The number of nitrogens with one attached hydrogen (secondary N) is 1. The first-order valence-electron chi connectivity index (χ1n) is 6.27. The normalized spacial score (nSPS) is 14.6. The Balaban J connectivity index is 1.78. The third-order valence-electron chi connectivity index (χ3n) is 3.30. The van der Waals surface area contributed by atoms with Gasteiger partial charge in [-0.2, -0.15) is 0 Å². The molecule has 0 amide bonds. The standard InChI is InChI=1S/C14H17N3S/c1-15-8-13-10-18-14(16-13)17-7-6-11-4-2-3-5-12(11)9-17/h2-5,10,15H,6-9H2,1H3. The van der Waals surface area contributed by atoms with E-state index in [4.69, 9.17) is 0 Å². The van der Waals surface area contributed by atoms with E-state index in [1.165, 1.54) is 11.1 Å². The van der Waals surface area contributed by atoms with Gasteiger partial charge in [0.25, 0.3) is 0 Å². The van der Waals surface area contributed by atoms with Crippen LogP contribution in [-0.4, -0.2) is 18.6 Å². The minimum atomic E-state index is 0.848. The van der Waals surface area contributed by atoms with Gasteiger partial charge in [-0.25, -0.2) is 4.98 Å². The molecule has 0 aliphatic carbocycles. The molecule has 0 unspecified atom stereocenters. The summed E-state index contributed by atoms with van der Waals surface area (Å²) in [5.41, 5.74) is 4.06. The molecule has 18 heavy (non-hydrogen) atoms. The fraction of sp³-hybridized carbons (Fsp3) is 0.357. The molecule has 1 N–H and O–H groups in total. The molecule has 0 atom stereocenters. The quantitative estimate of drug-likeness (QED) is 0.917. The lowest BCUT2D eigenvalue weighted by atomic mass is 10.0. The largest absolute Gasteiger partial charge is 0.343 e. The summed E-state index contributed by atoms with van der Waals surface area (Å²) in [6.45, 7) is 2.91. The van der Waals surface area contributed by atoms with Crippen molar-refractivity contribution in [3.63, 3.8) is 0 Å². The molecule has 0 radical (unpaired) electrons. The molecule has 3 rings (SSSR count). The van der Waals surface area contributed by atoms with Gasteiger partial charge in [0.05, 0.1) is 5.69 Å². The third-order valence-corrected chi connectivity index (χ3v) is 4.25. The van der Waals surface area contributed by atoms with Crippen LogP contribution in [0, 0.1) is 0 Å². The van der Waals surface area contributed by atoms with E-state index >= 15 is 0 Å². The van der Waals surface area contributed by atoms with Crippen LogP contribution in [0.15, 0.2) is 29.6 Å². The Morgan fingerprint density at radius 1 is 1.33 bits per heavy atom. The number of benzene rings is 1. The van der Waals surface area contributed by atoms with Crippen molar-refractivity contribution in [2.24, 2.45) is 0 Å². The molecule has 1 aliphatic rings. The van der Waals surface area contributed by atoms with Gasteiger partial charge in [-0.15, -0.1) is 11.3 Å². The Morgan fingerprint density at radius 3 is 3.00 bits per heavy atom. The highest BCUT2D eigenvalue weighted by Gasteiger charge is 2.18. The van der Waals surface area contributed by atoms with Crippen molar-refractivity contribution in [2.75, 3.05) is 18.5 Å². The minimum absolute atomic E-state index is 0.848. The zero-order chi connectivity index (χ0) is 12.4. The molecule has 0 saturated heterocycles. The first kappa shape index (κ1) is 11.7. The topological polar surface area (TPSA) is 28.2 Å².